The maximum atomic E-state index is 14.6. The van der Waals surface area contributed by atoms with Crippen LogP contribution in [0.5, 0.6) is 0 Å². The highest BCUT2D eigenvalue weighted by Crippen LogP contribution is 2.42. The van der Waals surface area contributed by atoms with Gasteiger partial charge in [-0.3, -0.25) is 9.59 Å². The van der Waals surface area contributed by atoms with Gasteiger partial charge in [-0.2, -0.15) is 0 Å². The second-order valence-corrected chi connectivity index (χ2v) is 8.68. The van der Waals surface area contributed by atoms with Crippen LogP contribution in [0.1, 0.15) is 58.3 Å². The second kappa shape index (κ2) is 13.5. The van der Waals surface area contributed by atoms with Crippen molar-refractivity contribution in [2.75, 3.05) is 13.2 Å². The summed E-state index contributed by atoms with van der Waals surface area (Å²) in [5, 5.41) is 51.0. The minimum atomic E-state index is -3.99. The number of hydrogen-bond donors (Lipinski definition) is 7. The average Bonchev–Trinajstić information content (AvgIpc) is 2.78. The number of ether oxygens (including phenoxy) is 1. The molecular weight excluding hydrogens is 462 g/mol. The lowest BCUT2D eigenvalue weighted by atomic mass is 9.87. The van der Waals surface area contributed by atoms with Crippen molar-refractivity contribution < 1.29 is 53.4 Å². The van der Waals surface area contributed by atoms with Crippen LogP contribution in [0, 0.1) is 0 Å². The van der Waals surface area contributed by atoms with Crippen molar-refractivity contribution in [3.8, 4) is 0 Å². The number of aliphatic hydroxyl groups excluding tert-OH is 4. The molecule has 6 atom stereocenters. The van der Waals surface area contributed by atoms with E-state index in [1.165, 1.54) is 6.92 Å². The molecule has 1 rings (SSSR count). The summed E-state index contributed by atoms with van der Waals surface area (Å²) < 4.78 is 33.9. The number of carbonyl (C=O) groups is 3. The van der Waals surface area contributed by atoms with Crippen molar-refractivity contribution in [1.82, 2.24) is 5.32 Å². The number of carbonyl (C=O) groups excluding carboxylic acids is 3. The van der Waals surface area contributed by atoms with Crippen molar-refractivity contribution >= 4 is 17.5 Å². The largest absolute Gasteiger partial charge is 0.394 e. The van der Waals surface area contributed by atoms with Crippen LogP contribution in [0.2, 0.25) is 0 Å². The Bertz CT molecular complexity index is 695. The van der Waals surface area contributed by atoms with E-state index in [1.54, 1.807) is 0 Å². The van der Waals surface area contributed by atoms with Gasteiger partial charge in [0.2, 0.25) is 5.91 Å². The summed E-state index contributed by atoms with van der Waals surface area (Å²) >= 11 is 0. The first-order valence-electron chi connectivity index (χ1n) is 11.2. The van der Waals surface area contributed by atoms with Gasteiger partial charge in [0.1, 0.15) is 30.2 Å². The van der Waals surface area contributed by atoms with E-state index in [0.717, 1.165) is 0 Å². The summed E-state index contributed by atoms with van der Waals surface area (Å²) in [7, 11) is 0. The molecule has 34 heavy (non-hydrogen) atoms. The van der Waals surface area contributed by atoms with Crippen molar-refractivity contribution in [3.63, 3.8) is 0 Å². The zero-order valence-electron chi connectivity index (χ0n) is 19.2. The lowest BCUT2D eigenvalue weighted by Crippen LogP contribution is -2.71. The van der Waals surface area contributed by atoms with Gasteiger partial charge in [-0.15, -0.1) is 0 Å². The van der Waals surface area contributed by atoms with E-state index in [2.05, 4.69) is 10.1 Å². The highest BCUT2D eigenvalue weighted by Gasteiger charge is 2.65. The Balaban J connectivity index is 2.37. The summed E-state index contributed by atoms with van der Waals surface area (Å²) in [4.78, 5) is 34.3. The van der Waals surface area contributed by atoms with Crippen molar-refractivity contribution in [2.45, 2.75) is 100 Å². The first-order chi connectivity index (χ1) is 15.8. The van der Waals surface area contributed by atoms with E-state index in [-0.39, 0.29) is 50.2 Å². The Morgan fingerprint density at radius 3 is 2.29 bits per heavy atom. The number of nitrogens with one attached hydrogen (secondary N) is 1. The van der Waals surface area contributed by atoms with Crippen LogP contribution in [0.15, 0.2) is 0 Å². The van der Waals surface area contributed by atoms with Gasteiger partial charge in [0.05, 0.1) is 19.2 Å². The van der Waals surface area contributed by atoms with Crippen LogP contribution in [0.25, 0.3) is 0 Å². The smallest absolute Gasteiger partial charge is 0.303 e. The van der Waals surface area contributed by atoms with Gasteiger partial charge in [0.25, 0.3) is 5.79 Å². The number of ketones is 2. The summed E-state index contributed by atoms with van der Waals surface area (Å²) in [5.41, 5.74) is 5.75. The van der Waals surface area contributed by atoms with Gasteiger partial charge in [-0.05, 0) is 19.8 Å². The minimum absolute atomic E-state index is 0.0346. The SMILES string of the molecule is CC(=O)CCC(=O)CNC(=O)[C@@H](N)CCCCCCC(F)(F)C1(O)O[C@H](CO)[C@H](O)[C@H](O)[C@H]1O. The molecule has 0 aromatic rings. The average molecular weight is 499 g/mol. The van der Waals surface area contributed by atoms with Crippen LogP contribution < -0.4 is 11.1 Å². The zero-order valence-corrected chi connectivity index (χ0v) is 19.2. The number of Topliss-reactive ketones (excluding diaryl/α,β-unsaturated/α-hetero) is 2. The van der Waals surface area contributed by atoms with E-state index in [4.69, 9.17) is 10.8 Å². The number of unbranched alkanes of at least 4 members (excludes halogenated alkanes) is 3. The van der Waals surface area contributed by atoms with Crippen LogP contribution in [0.3, 0.4) is 0 Å². The Hall–Kier alpha value is -1.61. The molecule has 0 bridgehead atoms. The summed E-state index contributed by atoms with van der Waals surface area (Å²) in [6, 6.07) is -0.892. The molecule has 0 spiro atoms. The third kappa shape index (κ3) is 8.26. The summed E-state index contributed by atoms with van der Waals surface area (Å²) in [6.45, 7) is 0.179. The fourth-order valence-electron chi connectivity index (χ4n) is 3.55. The fraction of sp³-hybridized carbons (Fsp3) is 0.857. The van der Waals surface area contributed by atoms with Crippen LogP contribution in [-0.4, -0.2) is 98.3 Å². The van der Waals surface area contributed by atoms with Crippen LogP contribution in [0.4, 0.5) is 8.78 Å². The standard InChI is InChI=1S/C21H36F2N2O9/c1-12(27)7-8-13(28)10-25-19(32)14(24)6-4-2-3-5-9-20(22,23)21(33)18(31)17(30)16(29)15(11-26)34-21/h14-18,26,29-31,33H,2-11,24H2,1H3,(H,25,32)/t14-,15+,16-,17-,18+,21?/m0/s1. The highest BCUT2D eigenvalue weighted by atomic mass is 19.3. The van der Waals surface area contributed by atoms with E-state index in [9.17, 15) is 43.6 Å². The van der Waals surface area contributed by atoms with Crippen molar-refractivity contribution in [2.24, 2.45) is 5.73 Å². The maximum absolute atomic E-state index is 14.6. The molecule has 198 valence electrons. The lowest BCUT2D eigenvalue weighted by molar-refractivity contribution is -0.412. The van der Waals surface area contributed by atoms with Crippen molar-refractivity contribution in [1.29, 1.82) is 0 Å². The molecule has 0 aromatic carbocycles. The third-order valence-electron chi connectivity index (χ3n) is 5.80. The van der Waals surface area contributed by atoms with E-state index < -0.39 is 61.1 Å². The molecule has 1 saturated heterocycles. The maximum Gasteiger partial charge on any atom is 0.303 e. The lowest BCUT2D eigenvalue weighted by Gasteiger charge is -2.48. The normalized spacial score (nSPS) is 28.4. The van der Waals surface area contributed by atoms with Gasteiger partial charge in [0.15, 0.2) is 5.78 Å². The fourth-order valence-corrected chi connectivity index (χ4v) is 3.55. The van der Waals surface area contributed by atoms with Gasteiger partial charge in [0, 0.05) is 19.3 Å². The molecule has 0 aliphatic carbocycles. The second-order valence-electron chi connectivity index (χ2n) is 8.68. The van der Waals surface area contributed by atoms with Gasteiger partial charge in [-0.25, -0.2) is 8.78 Å². The topological polar surface area (TPSA) is 200 Å². The molecule has 0 saturated carbocycles. The third-order valence-corrected chi connectivity index (χ3v) is 5.80. The highest BCUT2D eigenvalue weighted by molar-refractivity contribution is 5.90. The predicted octanol–water partition coefficient (Wildman–Crippen LogP) is -1.49. The Kier molecular flexibility index (Phi) is 12.1. The van der Waals surface area contributed by atoms with Gasteiger partial charge in [-0.1, -0.05) is 19.3 Å². The Morgan fingerprint density at radius 1 is 1.09 bits per heavy atom. The molecule has 0 radical (unpaired) electrons. The Morgan fingerprint density at radius 2 is 1.71 bits per heavy atom. The van der Waals surface area contributed by atoms with E-state index in [1.807, 2.05) is 0 Å². The number of halogens is 2. The molecule has 13 heteroatoms. The summed E-state index contributed by atoms with van der Waals surface area (Å²) in [5.74, 6) is -8.44. The predicted molar refractivity (Wildman–Crippen MR) is 113 cm³/mol. The zero-order chi connectivity index (χ0) is 26.1. The minimum Gasteiger partial charge on any atom is -0.394 e. The molecule has 1 aliphatic rings. The number of hydrogen-bond acceptors (Lipinski definition) is 10. The molecule has 1 aliphatic heterocycles. The van der Waals surface area contributed by atoms with Crippen LogP contribution in [-0.2, 0) is 19.1 Å². The molecule has 1 fully saturated rings. The number of alkyl halides is 2. The van der Waals surface area contributed by atoms with Gasteiger partial charge >= 0.3 is 5.92 Å². The van der Waals surface area contributed by atoms with E-state index in [0.29, 0.717) is 12.8 Å². The van der Waals surface area contributed by atoms with Crippen LogP contribution >= 0.6 is 0 Å². The molecule has 8 N–H and O–H groups in total. The summed E-state index contributed by atoms with van der Waals surface area (Å²) in [6.07, 6.45) is -7.68. The molecule has 1 amide bonds. The monoisotopic (exact) mass is 498 g/mol. The quantitative estimate of drug-likeness (QED) is 0.130. The number of aliphatic hydroxyl groups is 5. The molecule has 1 heterocycles. The molecule has 0 aromatic heterocycles. The first-order valence-corrected chi connectivity index (χ1v) is 11.2. The van der Waals surface area contributed by atoms with E-state index >= 15 is 0 Å². The van der Waals surface area contributed by atoms with Gasteiger partial charge < -0.3 is 46.1 Å². The number of rotatable bonds is 15. The van der Waals surface area contributed by atoms with Crippen molar-refractivity contribution in [3.05, 3.63) is 0 Å². The Labute approximate surface area is 196 Å². The molecular formula is C21H36F2N2O9. The molecule has 11 nitrogen and oxygen atoms in total. The first kappa shape index (κ1) is 30.4. The molecule has 1 unspecified atom stereocenters. The number of nitrogens with two attached hydrogens (primary N) is 1. The number of amides is 1.